The van der Waals surface area contributed by atoms with Gasteiger partial charge in [0, 0.05) is 13.1 Å². The van der Waals surface area contributed by atoms with Crippen LogP contribution in [0.1, 0.15) is 69.9 Å². The molecule has 0 aromatic heterocycles. The molecule has 0 amide bonds. The van der Waals surface area contributed by atoms with Crippen LogP contribution >= 0.6 is 0 Å². The van der Waals surface area contributed by atoms with Crippen molar-refractivity contribution in [1.29, 1.82) is 0 Å². The van der Waals surface area contributed by atoms with Crippen LogP contribution in [-0.2, 0) is 19.0 Å². The van der Waals surface area contributed by atoms with Gasteiger partial charge in [0.1, 0.15) is 0 Å². The quantitative estimate of drug-likeness (QED) is 0.280. The highest BCUT2D eigenvalue weighted by Gasteiger charge is 2.31. The maximum absolute atomic E-state index is 13.3. The largest absolute Gasteiger partial charge is 0.478 e. The van der Waals surface area contributed by atoms with Gasteiger partial charge >= 0.3 is 12.1 Å². The predicted molar refractivity (Wildman–Crippen MR) is 154 cm³/mol. The Morgan fingerprint density at radius 1 is 0.976 bits per heavy atom. The van der Waals surface area contributed by atoms with Gasteiger partial charge in [-0.1, -0.05) is 49.4 Å². The van der Waals surface area contributed by atoms with Gasteiger partial charge < -0.3 is 10.0 Å². The highest BCUT2D eigenvalue weighted by molar-refractivity contribution is 6.01. The van der Waals surface area contributed by atoms with Gasteiger partial charge in [-0.15, -0.1) is 0 Å². The minimum absolute atomic E-state index is 0.0379. The van der Waals surface area contributed by atoms with Gasteiger partial charge in [0.25, 0.3) is 0 Å². The monoisotopic (exact) mass is 565 g/mol. The number of allylic oxidation sites excluding steroid dienone is 1. The van der Waals surface area contributed by atoms with Crippen molar-refractivity contribution in [2.75, 3.05) is 26.3 Å². The maximum Gasteiger partial charge on any atom is 0.416 e. The Hall–Kier alpha value is -3.45. The molecular formula is C34H35F4NO2. The number of carboxylic acids is 1. The van der Waals surface area contributed by atoms with E-state index in [0.29, 0.717) is 18.8 Å². The van der Waals surface area contributed by atoms with Crippen molar-refractivity contribution < 1.29 is 27.5 Å². The number of rotatable bonds is 8. The molecule has 3 nitrogen and oxygen atoms in total. The zero-order chi connectivity index (χ0) is 29.1. The van der Waals surface area contributed by atoms with Crippen molar-refractivity contribution in [3.05, 3.63) is 106 Å². The molecular weight excluding hydrogens is 530 g/mol. The van der Waals surface area contributed by atoms with Gasteiger partial charge in [-0.3, -0.25) is 4.39 Å². The van der Waals surface area contributed by atoms with E-state index in [1.807, 2.05) is 6.07 Å². The minimum Gasteiger partial charge on any atom is -0.478 e. The second-order valence-corrected chi connectivity index (χ2v) is 11.4. The third-order valence-electron chi connectivity index (χ3n) is 8.50. The summed E-state index contributed by atoms with van der Waals surface area (Å²) in [6, 6.07) is 18.9. The molecule has 41 heavy (non-hydrogen) atoms. The second-order valence-electron chi connectivity index (χ2n) is 11.4. The molecule has 1 N–H and O–H groups in total. The third kappa shape index (κ3) is 6.56. The summed E-state index contributed by atoms with van der Waals surface area (Å²) in [5, 5.41) is 9.60. The molecule has 1 saturated heterocycles. The van der Waals surface area contributed by atoms with Crippen LogP contribution in [0.2, 0.25) is 0 Å². The fourth-order valence-corrected chi connectivity index (χ4v) is 6.37. The number of hydrogen-bond donors (Lipinski definition) is 1. The molecule has 7 heteroatoms. The Morgan fingerprint density at radius 2 is 1.68 bits per heavy atom. The van der Waals surface area contributed by atoms with Crippen molar-refractivity contribution in [2.24, 2.45) is 11.8 Å². The van der Waals surface area contributed by atoms with Crippen LogP contribution in [0.15, 0.2) is 66.7 Å². The summed E-state index contributed by atoms with van der Waals surface area (Å²) < 4.78 is 52.6. The van der Waals surface area contributed by atoms with Crippen LogP contribution in [0.4, 0.5) is 17.6 Å². The molecule has 5 rings (SSSR count). The number of nitrogens with zero attached hydrogens (tertiary/aromatic N) is 1. The van der Waals surface area contributed by atoms with Gasteiger partial charge in [0.2, 0.25) is 0 Å². The number of halogens is 4. The molecule has 1 aliphatic carbocycles. The number of benzene rings is 3. The van der Waals surface area contributed by atoms with Crippen LogP contribution in [0.25, 0.3) is 11.1 Å². The van der Waals surface area contributed by atoms with Crippen LogP contribution in [0.3, 0.4) is 0 Å². The van der Waals surface area contributed by atoms with Crippen molar-refractivity contribution in [1.82, 2.24) is 4.90 Å². The van der Waals surface area contributed by atoms with Gasteiger partial charge in [-0.05, 0) is 114 Å². The molecule has 1 fully saturated rings. The lowest BCUT2D eigenvalue weighted by molar-refractivity contribution is -0.137. The molecule has 0 saturated carbocycles. The first kappa shape index (κ1) is 29.1. The summed E-state index contributed by atoms with van der Waals surface area (Å²) in [6.45, 7) is 4.57. The number of fused-ring (bicyclic) bond motifs is 1. The molecule has 3 aromatic rings. The standard InChI is InChI=1S/C34H35F4NO2/c1-22-3-6-27-20-28(33(40)41)11-14-30(27)32(31(22)25-9-12-29(13-10-25)34(36,37)38)26-7-4-23(5-8-26)19-24-15-18-39(21-24)17-2-16-35/h4-5,7-14,20,22,24H,2-3,6,15-19,21H2,1H3,(H,40,41). The maximum atomic E-state index is 13.3. The zero-order valence-electron chi connectivity index (χ0n) is 23.2. The van der Waals surface area contributed by atoms with Gasteiger partial charge in [-0.25, -0.2) is 4.79 Å². The van der Waals surface area contributed by atoms with Gasteiger partial charge in [0.15, 0.2) is 0 Å². The lowest BCUT2D eigenvalue weighted by Crippen LogP contribution is -2.22. The molecule has 1 aliphatic heterocycles. The zero-order valence-corrected chi connectivity index (χ0v) is 23.2. The summed E-state index contributed by atoms with van der Waals surface area (Å²) in [4.78, 5) is 14.0. The van der Waals surface area contributed by atoms with E-state index in [0.717, 1.165) is 84.4 Å². The molecule has 2 unspecified atom stereocenters. The number of likely N-dealkylation sites (tertiary alicyclic amines) is 1. The van der Waals surface area contributed by atoms with E-state index in [4.69, 9.17) is 0 Å². The van der Waals surface area contributed by atoms with Crippen LogP contribution in [0, 0.1) is 11.8 Å². The normalized spacial score (nSPS) is 19.7. The molecule has 2 atom stereocenters. The fourth-order valence-electron chi connectivity index (χ4n) is 6.37. The number of alkyl halides is 4. The molecule has 0 bridgehead atoms. The van der Waals surface area contributed by atoms with E-state index >= 15 is 0 Å². The molecule has 0 radical (unpaired) electrons. The fraction of sp³-hybridized carbons (Fsp3) is 0.382. The highest BCUT2D eigenvalue weighted by Crippen LogP contribution is 2.43. The topological polar surface area (TPSA) is 40.5 Å². The second kappa shape index (κ2) is 12.2. The average molecular weight is 566 g/mol. The number of aryl methyl sites for hydroxylation is 1. The van der Waals surface area contributed by atoms with Crippen molar-refractivity contribution in [2.45, 2.75) is 45.2 Å². The summed E-state index contributed by atoms with van der Waals surface area (Å²) in [5.74, 6) is -0.426. The van der Waals surface area contributed by atoms with Crippen molar-refractivity contribution >= 4 is 17.1 Å². The van der Waals surface area contributed by atoms with E-state index in [2.05, 4.69) is 36.1 Å². The van der Waals surface area contributed by atoms with E-state index < -0.39 is 17.7 Å². The minimum atomic E-state index is -4.41. The van der Waals surface area contributed by atoms with Crippen molar-refractivity contribution in [3.63, 3.8) is 0 Å². The number of aromatic carboxylic acids is 1. The van der Waals surface area contributed by atoms with Crippen LogP contribution in [-0.4, -0.2) is 42.3 Å². The highest BCUT2D eigenvalue weighted by atomic mass is 19.4. The first-order valence-electron chi connectivity index (χ1n) is 14.3. The molecule has 216 valence electrons. The Balaban J connectivity index is 1.54. The van der Waals surface area contributed by atoms with Crippen LogP contribution < -0.4 is 0 Å². The average Bonchev–Trinajstić information content (AvgIpc) is 3.34. The number of hydrogen-bond acceptors (Lipinski definition) is 2. The molecule has 2 aliphatic rings. The number of carbonyl (C=O) groups is 1. The molecule has 0 spiro atoms. The summed E-state index contributed by atoms with van der Waals surface area (Å²) in [5.41, 5.74) is 6.19. The number of carboxylic acid groups (broad SMARTS) is 1. The Morgan fingerprint density at radius 3 is 2.34 bits per heavy atom. The summed E-state index contributed by atoms with van der Waals surface area (Å²) in [7, 11) is 0. The lowest BCUT2D eigenvalue weighted by Gasteiger charge is -2.21. The first-order chi connectivity index (χ1) is 19.6. The smallest absolute Gasteiger partial charge is 0.416 e. The third-order valence-corrected chi connectivity index (χ3v) is 8.50. The molecule has 1 heterocycles. The first-order valence-corrected chi connectivity index (χ1v) is 14.3. The van der Waals surface area contributed by atoms with Gasteiger partial charge in [0.05, 0.1) is 17.8 Å². The van der Waals surface area contributed by atoms with Crippen molar-refractivity contribution in [3.8, 4) is 0 Å². The van der Waals surface area contributed by atoms with E-state index in [-0.39, 0.29) is 18.2 Å². The van der Waals surface area contributed by atoms with E-state index in [1.165, 1.54) is 5.56 Å². The van der Waals surface area contributed by atoms with Gasteiger partial charge in [-0.2, -0.15) is 13.2 Å². The SMILES string of the molecule is CC1CCc2cc(C(=O)O)ccc2C(c2ccc(CC3CCN(CCCF)C3)cc2)=C1c1ccc(C(F)(F)F)cc1. The van der Waals surface area contributed by atoms with Crippen LogP contribution in [0.5, 0.6) is 0 Å². The predicted octanol–water partition coefficient (Wildman–Crippen LogP) is 8.17. The summed E-state index contributed by atoms with van der Waals surface area (Å²) in [6.07, 6.45) is -0.394. The van der Waals surface area contributed by atoms with E-state index in [1.54, 1.807) is 24.3 Å². The van der Waals surface area contributed by atoms with E-state index in [9.17, 15) is 27.5 Å². The Labute approximate surface area is 238 Å². The molecule has 3 aromatic carbocycles. The summed E-state index contributed by atoms with van der Waals surface area (Å²) >= 11 is 0. The lowest BCUT2D eigenvalue weighted by atomic mass is 9.83. The Kier molecular flexibility index (Phi) is 8.64. The Bertz CT molecular complexity index is 1410.